The van der Waals surface area contributed by atoms with Crippen molar-refractivity contribution >= 4 is 11.3 Å². The average molecular weight is 290 g/mol. The number of aromatic amines is 1. The molecule has 0 amide bonds. The van der Waals surface area contributed by atoms with Crippen LogP contribution in [0.3, 0.4) is 0 Å². The summed E-state index contributed by atoms with van der Waals surface area (Å²) in [5.41, 5.74) is 1.46. The van der Waals surface area contributed by atoms with E-state index < -0.39 is 0 Å². The van der Waals surface area contributed by atoms with Gasteiger partial charge in [0.1, 0.15) is 5.01 Å². The van der Waals surface area contributed by atoms with E-state index in [1.807, 2.05) is 6.92 Å². The van der Waals surface area contributed by atoms with Crippen molar-refractivity contribution in [2.24, 2.45) is 0 Å². The third-order valence-corrected chi connectivity index (χ3v) is 4.35. The van der Waals surface area contributed by atoms with Crippen LogP contribution in [-0.2, 0) is 6.42 Å². The van der Waals surface area contributed by atoms with Gasteiger partial charge in [-0.2, -0.15) is 0 Å². The lowest BCUT2D eigenvalue weighted by Gasteiger charge is -1.99. The van der Waals surface area contributed by atoms with Crippen molar-refractivity contribution in [1.29, 1.82) is 0 Å². The van der Waals surface area contributed by atoms with Crippen LogP contribution < -0.4 is 10.7 Å². The van der Waals surface area contributed by atoms with Crippen LogP contribution in [0, 0.1) is 6.92 Å². The molecule has 2 heterocycles. The van der Waals surface area contributed by atoms with Crippen molar-refractivity contribution in [2.75, 3.05) is 6.54 Å². The molecule has 1 aliphatic rings. The van der Waals surface area contributed by atoms with Crippen molar-refractivity contribution in [3.63, 3.8) is 0 Å². The Morgan fingerprint density at radius 2 is 2.30 bits per heavy atom. The van der Waals surface area contributed by atoms with Crippen molar-refractivity contribution in [3.05, 3.63) is 33.2 Å². The molecule has 1 saturated carbocycles. The minimum Gasteiger partial charge on any atom is -0.364 e. The van der Waals surface area contributed by atoms with E-state index in [4.69, 9.17) is 0 Å². The minimum atomic E-state index is -0.000602. The van der Waals surface area contributed by atoms with Gasteiger partial charge in [0.25, 0.3) is 0 Å². The summed E-state index contributed by atoms with van der Waals surface area (Å²) in [6.45, 7) is 2.90. The number of H-pyrrole nitrogens is 1. The van der Waals surface area contributed by atoms with Crippen LogP contribution in [0.2, 0.25) is 0 Å². The standard InChI is InChI=1S/C14H18N4OS/c1-9-7-12(19)11(8-16-9)14-18-17-13(20-14)3-2-6-15-10-4-5-10/h7-8,10,15H,2-6H2,1H3,(H,16,19). The number of pyridine rings is 1. The summed E-state index contributed by atoms with van der Waals surface area (Å²) in [6.07, 6.45) is 6.34. The Bertz CT molecular complexity index is 645. The highest BCUT2D eigenvalue weighted by molar-refractivity contribution is 7.14. The summed E-state index contributed by atoms with van der Waals surface area (Å²) >= 11 is 1.51. The van der Waals surface area contributed by atoms with E-state index in [0.29, 0.717) is 10.6 Å². The molecule has 0 spiro atoms. The SMILES string of the molecule is Cc1cc(=O)c(-c2nnc(CCCNC3CC3)s2)c[nH]1. The van der Waals surface area contributed by atoms with E-state index in [0.717, 1.165) is 36.1 Å². The summed E-state index contributed by atoms with van der Waals surface area (Å²) in [7, 11) is 0. The molecule has 2 aromatic rings. The smallest absolute Gasteiger partial charge is 0.192 e. The Morgan fingerprint density at radius 1 is 1.45 bits per heavy atom. The lowest BCUT2D eigenvalue weighted by atomic mass is 10.2. The van der Waals surface area contributed by atoms with Gasteiger partial charge in [0, 0.05) is 30.4 Å². The Morgan fingerprint density at radius 3 is 3.05 bits per heavy atom. The van der Waals surface area contributed by atoms with Gasteiger partial charge in [-0.25, -0.2) is 0 Å². The van der Waals surface area contributed by atoms with Crippen LogP contribution in [0.1, 0.15) is 30.0 Å². The van der Waals surface area contributed by atoms with E-state index in [1.54, 1.807) is 12.3 Å². The summed E-state index contributed by atoms with van der Waals surface area (Å²) < 4.78 is 0. The van der Waals surface area contributed by atoms with Gasteiger partial charge in [0.2, 0.25) is 0 Å². The highest BCUT2D eigenvalue weighted by Crippen LogP contribution is 2.21. The zero-order valence-electron chi connectivity index (χ0n) is 11.5. The molecule has 0 aliphatic heterocycles. The van der Waals surface area contributed by atoms with Crippen molar-refractivity contribution in [2.45, 2.75) is 38.6 Å². The fourth-order valence-corrected chi connectivity index (χ4v) is 2.94. The molecule has 0 atom stereocenters. The summed E-state index contributed by atoms with van der Waals surface area (Å²) in [6, 6.07) is 2.35. The lowest BCUT2D eigenvalue weighted by Crippen LogP contribution is -2.17. The van der Waals surface area contributed by atoms with Crippen LogP contribution in [0.5, 0.6) is 0 Å². The topological polar surface area (TPSA) is 70.7 Å². The molecule has 20 heavy (non-hydrogen) atoms. The average Bonchev–Trinajstić information content (AvgIpc) is 3.13. The molecule has 0 radical (unpaired) electrons. The van der Waals surface area contributed by atoms with E-state index in [9.17, 15) is 4.79 Å². The van der Waals surface area contributed by atoms with E-state index in [-0.39, 0.29) is 5.43 Å². The summed E-state index contributed by atoms with van der Waals surface area (Å²) in [5, 5.41) is 13.5. The van der Waals surface area contributed by atoms with Crippen LogP contribution in [-0.4, -0.2) is 27.8 Å². The maximum atomic E-state index is 11.9. The molecule has 0 unspecified atom stereocenters. The molecule has 2 N–H and O–H groups in total. The number of aromatic nitrogens is 3. The molecule has 3 rings (SSSR count). The van der Waals surface area contributed by atoms with E-state index in [1.165, 1.54) is 24.2 Å². The molecular weight excluding hydrogens is 272 g/mol. The van der Waals surface area contributed by atoms with Crippen LogP contribution in [0.25, 0.3) is 10.6 Å². The normalized spacial score (nSPS) is 14.7. The van der Waals surface area contributed by atoms with E-state index in [2.05, 4.69) is 20.5 Å². The monoisotopic (exact) mass is 290 g/mol. The highest BCUT2D eigenvalue weighted by Gasteiger charge is 2.19. The number of aryl methyl sites for hydroxylation is 2. The van der Waals surface area contributed by atoms with Gasteiger partial charge in [-0.05, 0) is 32.7 Å². The molecule has 6 heteroatoms. The Labute approximate surface area is 121 Å². The summed E-state index contributed by atoms with van der Waals surface area (Å²) in [5.74, 6) is 0. The first-order valence-corrected chi connectivity index (χ1v) is 7.79. The minimum absolute atomic E-state index is 0.000602. The third kappa shape index (κ3) is 3.32. The Hall–Kier alpha value is -1.53. The fourth-order valence-electron chi connectivity index (χ4n) is 2.04. The van der Waals surface area contributed by atoms with Gasteiger partial charge in [0.15, 0.2) is 10.4 Å². The number of nitrogens with one attached hydrogen (secondary N) is 2. The first-order valence-electron chi connectivity index (χ1n) is 6.98. The lowest BCUT2D eigenvalue weighted by molar-refractivity contribution is 0.643. The number of nitrogens with zero attached hydrogens (tertiary/aromatic N) is 2. The van der Waals surface area contributed by atoms with Gasteiger partial charge in [-0.3, -0.25) is 4.79 Å². The highest BCUT2D eigenvalue weighted by atomic mass is 32.1. The quantitative estimate of drug-likeness (QED) is 0.797. The zero-order chi connectivity index (χ0) is 13.9. The molecule has 1 aliphatic carbocycles. The fraction of sp³-hybridized carbons (Fsp3) is 0.500. The predicted octanol–water partition coefficient (Wildman–Crippen LogP) is 1.89. The molecule has 0 bridgehead atoms. The predicted molar refractivity (Wildman–Crippen MR) is 80.0 cm³/mol. The van der Waals surface area contributed by atoms with Crippen molar-refractivity contribution in [3.8, 4) is 10.6 Å². The van der Waals surface area contributed by atoms with Gasteiger partial charge in [-0.1, -0.05) is 11.3 Å². The Kier molecular flexibility index (Phi) is 3.93. The third-order valence-electron chi connectivity index (χ3n) is 3.33. The molecular formula is C14H18N4OS. The zero-order valence-corrected chi connectivity index (χ0v) is 12.3. The second-order valence-electron chi connectivity index (χ2n) is 5.23. The summed E-state index contributed by atoms with van der Waals surface area (Å²) in [4.78, 5) is 14.9. The van der Waals surface area contributed by atoms with Crippen LogP contribution in [0.15, 0.2) is 17.1 Å². The maximum Gasteiger partial charge on any atom is 0.192 e. The van der Waals surface area contributed by atoms with Gasteiger partial charge in [-0.15, -0.1) is 10.2 Å². The van der Waals surface area contributed by atoms with Gasteiger partial charge < -0.3 is 10.3 Å². The van der Waals surface area contributed by atoms with Gasteiger partial charge >= 0.3 is 0 Å². The first-order chi connectivity index (χ1) is 9.72. The van der Waals surface area contributed by atoms with Gasteiger partial charge in [0.05, 0.1) is 5.56 Å². The maximum absolute atomic E-state index is 11.9. The molecule has 0 aromatic carbocycles. The van der Waals surface area contributed by atoms with Crippen molar-refractivity contribution in [1.82, 2.24) is 20.5 Å². The molecule has 2 aromatic heterocycles. The Balaban J connectivity index is 1.61. The molecule has 0 saturated heterocycles. The largest absolute Gasteiger partial charge is 0.364 e. The second kappa shape index (κ2) is 5.85. The molecule has 5 nitrogen and oxygen atoms in total. The molecule has 1 fully saturated rings. The molecule has 106 valence electrons. The number of hydrogen-bond donors (Lipinski definition) is 2. The second-order valence-corrected chi connectivity index (χ2v) is 6.29. The number of hydrogen-bond acceptors (Lipinski definition) is 5. The first kappa shape index (κ1) is 13.5. The number of rotatable bonds is 6. The van der Waals surface area contributed by atoms with E-state index >= 15 is 0 Å². The van der Waals surface area contributed by atoms with Crippen LogP contribution >= 0.6 is 11.3 Å². The van der Waals surface area contributed by atoms with Crippen LogP contribution in [0.4, 0.5) is 0 Å². The van der Waals surface area contributed by atoms with Crippen molar-refractivity contribution < 1.29 is 0 Å².